The molecule has 0 bridgehead atoms. The molecule has 0 spiro atoms. The Balaban J connectivity index is 2.29. The Hall–Kier alpha value is -0.340. The van der Waals surface area contributed by atoms with Gasteiger partial charge in [0.1, 0.15) is 0 Å². The first kappa shape index (κ1) is 12.1. The van der Waals surface area contributed by atoms with Crippen LogP contribution in [-0.2, 0) is 0 Å². The van der Waals surface area contributed by atoms with Gasteiger partial charge in [-0.25, -0.2) is 0 Å². The molecule has 1 aliphatic rings. The summed E-state index contributed by atoms with van der Waals surface area (Å²) in [7, 11) is 0. The van der Waals surface area contributed by atoms with Crippen LogP contribution in [0.1, 0.15) is 60.4 Å². The molecule has 90 valence electrons. The summed E-state index contributed by atoms with van der Waals surface area (Å²) in [6, 6.07) is 2.56. The normalized spacial score (nSPS) is 21.2. The summed E-state index contributed by atoms with van der Waals surface area (Å²) in [4.78, 5) is 2.82. The van der Waals surface area contributed by atoms with Crippen molar-refractivity contribution in [1.29, 1.82) is 0 Å². The minimum Gasteiger partial charge on any atom is -0.323 e. The Morgan fingerprint density at radius 1 is 1.38 bits per heavy atom. The molecule has 0 radical (unpaired) electrons. The lowest BCUT2D eigenvalue weighted by atomic mass is 9.74. The lowest BCUT2D eigenvalue weighted by molar-refractivity contribution is 0.222. The highest BCUT2D eigenvalue weighted by molar-refractivity contribution is 7.12. The van der Waals surface area contributed by atoms with Gasteiger partial charge in [0.15, 0.2) is 0 Å². The maximum absolute atomic E-state index is 6.57. The molecule has 1 aromatic rings. The molecule has 1 saturated carbocycles. The minimum absolute atomic E-state index is 0.255. The second kappa shape index (κ2) is 4.50. The van der Waals surface area contributed by atoms with Crippen LogP contribution in [0.15, 0.2) is 6.07 Å². The van der Waals surface area contributed by atoms with E-state index < -0.39 is 0 Å². The molecule has 2 N–H and O–H groups in total. The van der Waals surface area contributed by atoms with Crippen molar-refractivity contribution in [3.63, 3.8) is 0 Å². The number of hydrogen-bond donors (Lipinski definition) is 1. The van der Waals surface area contributed by atoms with E-state index in [2.05, 4.69) is 26.8 Å². The van der Waals surface area contributed by atoms with Crippen LogP contribution in [-0.4, -0.2) is 0 Å². The third-order valence-corrected chi connectivity index (χ3v) is 5.36. The first-order valence-corrected chi connectivity index (χ1v) is 7.23. The van der Waals surface area contributed by atoms with Crippen LogP contribution in [0.25, 0.3) is 0 Å². The molecule has 2 heteroatoms. The van der Waals surface area contributed by atoms with Gasteiger partial charge in [0.05, 0.1) is 0 Å². The van der Waals surface area contributed by atoms with Crippen LogP contribution in [0.5, 0.6) is 0 Å². The smallest absolute Gasteiger partial charge is 0.0363 e. The van der Waals surface area contributed by atoms with Crippen molar-refractivity contribution in [3.05, 3.63) is 21.4 Å². The Labute approximate surface area is 103 Å². The van der Waals surface area contributed by atoms with Gasteiger partial charge in [-0.05, 0) is 50.2 Å². The molecule has 1 nitrogen and oxygen atoms in total. The fourth-order valence-corrected chi connectivity index (χ4v) is 4.23. The van der Waals surface area contributed by atoms with Crippen LogP contribution in [0.4, 0.5) is 0 Å². The molecular formula is C14H23NS. The number of nitrogens with two attached hydrogens (primary N) is 1. The summed E-state index contributed by atoms with van der Waals surface area (Å²) in [6.45, 7) is 6.70. The van der Waals surface area contributed by atoms with Crippen LogP contribution in [0.3, 0.4) is 0 Å². The fourth-order valence-electron chi connectivity index (χ4n) is 3.25. The fraction of sp³-hybridized carbons (Fsp3) is 0.714. The standard InChI is InChI=1S/C14H23NS/c1-4-14(7-5-6-8-14)13(15)12-9-10(2)16-11(12)3/h9,13H,4-8,15H2,1-3H3. The molecule has 1 atom stereocenters. The molecule has 1 fully saturated rings. The molecule has 1 unspecified atom stereocenters. The van der Waals surface area contributed by atoms with E-state index in [0.29, 0.717) is 5.41 Å². The molecule has 0 saturated heterocycles. The predicted molar refractivity (Wildman–Crippen MR) is 71.9 cm³/mol. The van der Waals surface area contributed by atoms with Gasteiger partial charge in [-0.2, -0.15) is 0 Å². The molecule has 0 aliphatic heterocycles. The van der Waals surface area contributed by atoms with Gasteiger partial charge in [0, 0.05) is 15.8 Å². The van der Waals surface area contributed by atoms with Gasteiger partial charge in [-0.15, -0.1) is 11.3 Å². The zero-order valence-corrected chi connectivity index (χ0v) is 11.5. The van der Waals surface area contributed by atoms with Gasteiger partial charge in [-0.1, -0.05) is 19.8 Å². The monoisotopic (exact) mass is 237 g/mol. The van der Waals surface area contributed by atoms with Gasteiger partial charge in [0.2, 0.25) is 0 Å². The van der Waals surface area contributed by atoms with Crippen molar-refractivity contribution >= 4 is 11.3 Å². The summed E-state index contributed by atoms with van der Waals surface area (Å²) in [6.07, 6.45) is 6.59. The van der Waals surface area contributed by atoms with E-state index >= 15 is 0 Å². The summed E-state index contributed by atoms with van der Waals surface area (Å²) >= 11 is 1.89. The molecule has 2 rings (SSSR count). The van der Waals surface area contributed by atoms with Gasteiger partial charge >= 0.3 is 0 Å². The van der Waals surface area contributed by atoms with E-state index in [1.54, 1.807) is 0 Å². The van der Waals surface area contributed by atoms with E-state index in [-0.39, 0.29) is 6.04 Å². The Morgan fingerprint density at radius 3 is 2.44 bits per heavy atom. The number of thiophene rings is 1. The Morgan fingerprint density at radius 2 is 2.00 bits per heavy atom. The van der Waals surface area contributed by atoms with E-state index in [1.807, 2.05) is 11.3 Å². The van der Waals surface area contributed by atoms with Crippen LogP contribution in [0.2, 0.25) is 0 Å². The van der Waals surface area contributed by atoms with E-state index in [1.165, 1.54) is 47.4 Å². The molecular weight excluding hydrogens is 214 g/mol. The first-order chi connectivity index (χ1) is 7.59. The van der Waals surface area contributed by atoms with Crippen molar-refractivity contribution in [2.75, 3.05) is 0 Å². The van der Waals surface area contributed by atoms with E-state index in [4.69, 9.17) is 5.73 Å². The molecule has 1 aromatic heterocycles. The molecule has 0 amide bonds. The lowest BCUT2D eigenvalue weighted by Crippen LogP contribution is -2.31. The Bertz CT molecular complexity index is 361. The van der Waals surface area contributed by atoms with Crippen LogP contribution < -0.4 is 5.73 Å². The summed E-state index contributed by atoms with van der Waals surface area (Å²) in [5.41, 5.74) is 8.36. The molecule has 0 aromatic carbocycles. The van der Waals surface area contributed by atoms with Crippen LogP contribution in [0, 0.1) is 19.3 Å². The second-order valence-corrected chi connectivity index (χ2v) is 6.73. The largest absolute Gasteiger partial charge is 0.323 e. The first-order valence-electron chi connectivity index (χ1n) is 6.41. The summed E-state index contributed by atoms with van der Waals surface area (Å²) in [5, 5.41) is 0. The number of rotatable bonds is 3. The van der Waals surface area contributed by atoms with E-state index in [9.17, 15) is 0 Å². The zero-order valence-electron chi connectivity index (χ0n) is 10.7. The van der Waals surface area contributed by atoms with Gasteiger partial charge in [0.25, 0.3) is 0 Å². The zero-order chi connectivity index (χ0) is 11.8. The maximum atomic E-state index is 6.57. The quantitative estimate of drug-likeness (QED) is 0.831. The number of aryl methyl sites for hydroxylation is 2. The molecule has 1 aliphatic carbocycles. The molecule has 1 heterocycles. The minimum atomic E-state index is 0.255. The lowest BCUT2D eigenvalue weighted by Gasteiger charge is -2.34. The van der Waals surface area contributed by atoms with Gasteiger partial charge < -0.3 is 5.73 Å². The van der Waals surface area contributed by atoms with Crippen LogP contribution >= 0.6 is 11.3 Å². The third kappa shape index (κ3) is 1.93. The van der Waals surface area contributed by atoms with E-state index in [0.717, 1.165) is 0 Å². The number of hydrogen-bond acceptors (Lipinski definition) is 2. The highest BCUT2D eigenvalue weighted by atomic mass is 32.1. The van der Waals surface area contributed by atoms with Crippen molar-refractivity contribution < 1.29 is 0 Å². The topological polar surface area (TPSA) is 26.0 Å². The van der Waals surface area contributed by atoms with Crippen molar-refractivity contribution in [2.24, 2.45) is 11.1 Å². The van der Waals surface area contributed by atoms with Crippen molar-refractivity contribution in [2.45, 2.75) is 58.9 Å². The average molecular weight is 237 g/mol. The highest BCUT2D eigenvalue weighted by Crippen LogP contribution is 2.50. The van der Waals surface area contributed by atoms with Crippen molar-refractivity contribution in [3.8, 4) is 0 Å². The maximum Gasteiger partial charge on any atom is 0.0363 e. The predicted octanol–water partition coefficient (Wildman–Crippen LogP) is 4.34. The third-order valence-electron chi connectivity index (χ3n) is 4.38. The SMILES string of the molecule is CCC1(C(N)c2cc(C)sc2C)CCCC1. The second-order valence-electron chi connectivity index (χ2n) is 5.27. The Kier molecular flexibility index (Phi) is 3.41. The summed E-state index contributed by atoms with van der Waals surface area (Å²) < 4.78 is 0. The molecule has 16 heavy (non-hydrogen) atoms. The summed E-state index contributed by atoms with van der Waals surface area (Å²) in [5.74, 6) is 0. The van der Waals surface area contributed by atoms with Crippen molar-refractivity contribution in [1.82, 2.24) is 0 Å². The van der Waals surface area contributed by atoms with Gasteiger partial charge in [-0.3, -0.25) is 0 Å². The highest BCUT2D eigenvalue weighted by Gasteiger charge is 2.39. The average Bonchev–Trinajstić information content (AvgIpc) is 2.85.